The zero-order valence-electron chi connectivity index (χ0n) is 15.5. The first-order chi connectivity index (χ1) is 12.8. The number of ether oxygens (including phenoxy) is 1. The van der Waals surface area contributed by atoms with Gasteiger partial charge in [-0.3, -0.25) is 0 Å². The molecular weight excluding hydrogens is 364 g/mol. The summed E-state index contributed by atoms with van der Waals surface area (Å²) < 4.78 is 31.4. The summed E-state index contributed by atoms with van der Waals surface area (Å²) in [6.07, 6.45) is 3.53. The highest BCUT2D eigenvalue weighted by atomic mass is 32.2. The van der Waals surface area contributed by atoms with Crippen LogP contribution in [0, 0.1) is 13.8 Å². The molecule has 0 unspecified atom stereocenters. The Labute approximate surface area is 159 Å². The van der Waals surface area contributed by atoms with Gasteiger partial charge in [-0.15, -0.1) is 0 Å². The van der Waals surface area contributed by atoms with Gasteiger partial charge in [0.1, 0.15) is 0 Å². The van der Waals surface area contributed by atoms with E-state index in [-0.39, 0.29) is 11.5 Å². The standard InChI is InChI=1S/C20H22N2O4S/c1-4-26-20(23)13-14-22(21-15-18-9-5-16(2)6-10-18)27(24,25)19-11-7-17(3)8-12-19/h5-15H,4H2,1-3H3/b14-13+,21-15+. The van der Waals surface area contributed by atoms with Crippen LogP contribution in [0.15, 0.2) is 70.8 Å². The van der Waals surface area contributed by atoms with Crippen LogP contribution in [0.2, 0.25) is 0 Å². The molecule has 142 valence electrons. The lowest BCUT2D eigenvalue weighted by atomic mass is 10.2. The lowest BCUT2D eigenvalue weighted by molar-refractivity contribution is -0.137. The second-order valence-electron chi connectivity index (χ2n) is 5.81. The smallest absolute Gasteiger partial charge is 0.332 e. The van der Waals surface area contributed by atoms with Crippen molar-refractivity contribution in [3.8, 4) is 0 Å². The highest BCUT2D eigenvalue weighted by Gasteiger charge is 2.21. The van der Waals surface area contributed by atoms with Crippen molar-refractivity contribution < 1.29 is 17.9 Å². The third-order valence-corrected chi connectivity index (χ3v) is 5.16. The molecule has 0 amide bonds. The maximum atomic E-state index is 12.9. The molecule has 0 aromatic heterocycles. The molecule has 0 spiro atoms. The largest absolute Gasteiger partial charge is 0.463 e. The van der Waals surface area contributed by atoms with Crippen LogP contribution in [0.25, 0.3) is 0 Å². The van der Waals surface area contributed by atoms with Gasteiger partial charge in [0.15, 0.2) is 0 Å². The summed E-state index contributed by atoms with van der Waals surface area (Å²) in [4.78, 5) is 11.7. The maximum absolute atomic E-state index is 12.9. The van der Waals surface area contributed by atoms with E-state index in [4.69, 9.17) is 4.74 Å². The van der Waals surface area contributed by atoms with Crippen LogP contribution in [0.1, 0.15) is 23.6 Å². The van der Waals surface area contributed by atoms with E-state index in [2.05, 4.69) is 5.10 Å². The van der Waals surface area contributed by atoms with Crippen LogP contribution < -0.4 is 0 Å². The Hall–Kier alpha value is -2.93. The van der Waals surface area contributed by atoms with E-state index in [1.54, 1.807) is 19.1 Å². The second-order valence-corrected chi connectivity index (χ2v) is 7.61. The molecule has 2 aromatic rings. The van der Waals surface area contributed by atoms with Gasteiger partial charge in [0.05, 0.1) is 17.7 Å². The van der Waals surface area contributed by atoms with Gasteiger partial charge < -0.3 is 4.74 Å². The van der Waals surface area contributed by atoms with Gasteiger partial charge >= 0.3 is 5.97 Å². The first-order valence-electron chi connectivity index (χ1n) is 8.39. The Bertz CT molecular complexity index is 931. The summed E-state index contributed by atoms with van der Waals surface area (Å²) >= 11 is 0. The zero-order valence-corrected chi connectivity index (χ0v) is 16.3. The summed E-state index contributed by atoms with van der Waals surface area (Å²) in [7, 11) is -3.97. The number of nitrogens with zero attached hydrogens (tertiary/aromatic N) is 2. The van der Waals surface area contributed by atoms with E-state index in [9.17, 15) is 13.2 Å². The minimum absolute atomic E-state index is 0.0719. The molecule has 0 aliphatic rings. The van der Waals surface area contributed by atoms with Crippen LogP contribution in [0.4, 0.5) is 0 Å². The fourth-order valence-electron chi connectivity index (χ4n) is 2.09. The first kappa shape index (κ1) is 20.4. The summed E-state index contributed by atoms with van der Waals surface area (Å²) in [6, 6.07) is 13.8. The monoisotopic (exact) mass is 386 g/mol. The third-order valence-electron chi connectivity index (χ3n) is 3.59. The molecule has 0 saturated heterocycles. The molecule has 0 N–H and O–H groups in total. The lowest BCUT2D eigenvalue weighted by Crippen LogP contribution is -2.21. The van der Waals surface area contributed by atoms with Crippen LogP contribution in [-0.4, -0.2) is 31.6 Å². The van der Waals surface area contributed by atoms with Crippen LogP contribution >= 0.6 is 0 Å². The topological polar surface area (TPSA) is 76.0 Å². The van der Waals surface area contributed by atoms with E-state index in [0.29, 0.717) is 0 Å². The predicted octanol–water partition coefficient (Wildman–Crippen LogP) is 3.41. The van der Waals surface area contributed by atoms with Crippen molar-refractivity contribution in [2.24, 2.45) is 5.10 Å². The van der Waals surface area contributed by atoms with Crippen molar-refractivity contribution >= 4 is 22.2 Å². The van der Waals surface area contributed by atoms with E-state index in [1.165, 1.54) is 18.3 Å². The van der Waals surface area contributed by atoms with Gasteiger partial charge in [0.25, 0.3) is 10.0 Å². The number of benzene rings is 2. The Morgan fingerprint density at radius 1 is 1.04 bits per heavy atom. The van der Waals surface area contributed by atoms with Crippen molar-refractivity contribution in [3.05, 3.63) is 77.5 Å². The summed E-state index contributed by atoms with van der Waals surface area (Å²) in [5, 5.41) is 4.05. The Kier molecular flexibility index (Phi) is 6.90. The SMILES string of the molecule is CCOC(=O)/C=C/N(/N=C/c1ccc(C)cc1)S(=O)(=O)c1ccc(C)cc1. The molecule has 0 radical (unpaired) electrons. The number of sulfonamides is 1. The molecule has 2 aromatic carbocycles. The molecule has 0 fully saturated rings. The van der Waals surface area contributed by atoms with Gasteiger partial charge in [-0.25, -0.2) is 4.79 Å². The summed E-state index contributed by atoms with van der Waals surface area (Å²) in [5.41, 5.74) is 2.75. The van der Waals surface area contributed by atoms with Crippen molar-refractivity contribution in [3.63, 3.8) is 0 Å². The van der Waals surface area contributed by atoms with Crippen LogP contribution in [0.3, 0.4) is 0 Å². The molecular formula is C20H22N2O4S. The molecule has 0 saturated carbocycles. The highest BCUT2D eigenvalue weighted by molar-refractivity contribution is 7.89. The van der Waals surface area contributed by atoms with Crippen LogP contribution in [-0.2, 0) is 19.6 Å². The minimum atomic E-state index is -3.97. The number of aryl methyl sites for hydroxylation is 2. The number of rotatable bonds is 7. The van der Waals surface area contributed by atoms with Crippen LogP contribution in [0.5, 0.6) is 0 Å². The van der Waals surface area contributed by atoms with Gasteiger partial charge in [0.2, 0.25) is 0 Å². The number of hydrazone groups is 1. The number of hydrogen-bond acceptors (Lipinski definition) is 5. The number of carbonyl (C=O) groups is 1. The van der Waals surface area contributed by atoms with E-state index in [1.807, 2.05) is 38.1 Å². The Morgan fingerprint density at radius 2 is 1.59 bits per heavy atom. The molecule has 2 rings (SSSR count). The Morgan fingerprint density at radius 3 is 2.15 bits per heavy atom. The van der Waals surface area contributed by atoms with Gasteiger partial charge in [-0.05, 0) is 38.5 Å². The zero-order chi connectivity index (χ0) is 19.9. The van der Waals surface area contributed by atoms with E-state index in [0.717, 1.165) is 33.4 Å². The summed E-state index contributed by atoms with van der Waals surface area (Å²) in [6.45, 7) is 5.68. The van der Waals surface area contributed by atoms with Crippen molar-refractivity contribution in [1.82, 2.24) is 4.41 Å². The Balaban J connectivity index is 2.37. The average molecular weight is 386 g/mol. The minimum Gasteiger partial charge on any atom is -0.463 e. The van der Waals surface area contributed by atoms with Crippen molar-refractivity contribution in [2.45, 2.75) is 25.7 Å². The van der Waals surface area contributed by atoms with Gasteiger partial charge in [0, 0.05) is 12.3 Å². The number of carbonyl (C=O) groups excluding carboxylic acids is 1. The number of esters is 1. The van der Waals surface area contributed by atoms with Crippen molar-refractivity contribution in [1.29, 1.82) is 0 Å². The van der Waals surface area contributed by atoms with E-state index < -0.39 is 16.0 Å². The fraction of sp³-hybridized carbons (Fsp3) is 0.200. The molecule has 6 nitrogen and oxygen atoms in total. The van der Waals surface area contributed by atoms with Gasteiger partial charge in [-0.2, -0.15) is 17.9 Å². The second kappa shape index (κ2) is 9.14. The van der Waals surface area contributed by atoms with Gasteiger partial charge in [-0.1, -0.05) is 47.5 Å². The molecule has 7 heteroatoms. The highest BCUT2D eigenvalue weighted by Crippen LogP contribution is 2.17. The molecule has 0 heterocycles. The first-order valence-corrected chi connectivity index (χ1v) is 9.83. The predicted molar refractivity (Wildman–Crippen MR) is 105 cm³/mol. The average Bonchev–Trinajstić information content (AvgIpc) is 2.63. The molecule has 27 heavy (non-hydrogen) atoms. The quantitative estimate of drug-likeness (QED) is 0.316. The van der Waals surface area contributed by atoms with E-state index >= 15 is 0 Å². The molecule has 0 aliphatic heterocycles. The molecule has 0 aliphatic carbocycles. The number of hydrogen-bond donors (Lipinski definition) is 0. The summed E-state index contributed by atoms with van der Waals surface area (Å²) in [5.74, 6) is -0.646. The molecule has 0 atom stereocenters. The normalized spacial score (nSPS) is 11.8. The lowest BCUT2D eigenvalue weighted by Gasteiger charge is -2.15. The molecule has 0 bridgehead atoms. The maximum Gasteiger partial charge on any atom is 0.332 e. The van der Waals surface area contributed by atoms with Crippen molar-refractivity contribution in [2.75, 3.05) is 6.61 Å². The fourth-order valence-corrected chi connectivity index (χ4v) is 3.18. The third kappa shape index (κ3) is 5.79.